The van der Waals surface area contributed by atoms with Crippen molar-refractivity contribution in [3.8, 4) is 0 Å². The van der Waals surface area contributed by atoms with Crippen LogP contribution in [0.1, 0.15) is 46.0 Å². The van der Waals surface area contributed by atoms with Gasteiger partial charge in [-0.05, 0) is 44.6 Å². The van der Waals surface area contributed by atoms with E-state index < -0.39 is 5.97 Å². The van der Waals surface area contributed by atoms with Crippen molar-refractivity contribution in [2.24, 2.45) is 17.8 Å². The predicted octanol–water partition coefficient (Wildman–Crippen LogP) is 2.86. The Bertz CT molecular complexity index is 234. The largest absolute Gasteiger partial charge is 0.481 e. The molecule has 1 saturated carbocycles. The van der Waals surface area contributed by atoms with E-state index in [0.717, 1.165) is 44.7 Å². The van der Waals surface area contributed by atoms with Crippen LogP contribution in [0.4, 0.5) is 0 Å². The third-order valence-electron chi connectivity index (χ3n) is 4.09. The summed E-state index contributed by atoms with van der Waals surface area (Å²) in [6.45, 7) is 6.82. The van der Waals surface area contributed by atoms with Crippen molar-refractivity contribution in [2.45, 2.75) is 46.0 Å². The molecule has 1 aliphatic carbocycles. The average molecular weight is 241 g/mol. The van der Waals surface area contributed by atoms with Crippen LogP contribution in [0.3, 0.4) is 0 Å². The normalized spacial score (nSPS) is 27.1. The van der Waals surface area contributed by atoms with Crippen LogP contribution in [0.2, 0.25) is 0 Å². The third kappa shape index (κ3) is 5.07. The van der Waals surface area contributed by atoms with E-state index in [1.165, 1.54) is 6.42 Å². The van der Waals surface area contributed by atoms with E-state index in [1.807, 2.05) is 0 Å². The fourth-order valence-corrected chi connectivity index (χ4v) is 2.77. The second kappa shape index (κ2) is 7.00. The highest BCUT2D eigenvalue weighted by Gasteiger charge is 2.26. The summed E-state index contributed by atoms with van der Waals surface area (Å²) in [4.78, 5) is 13.3. The van der Waals surface area contributed by atoms with Gasteiger partial charge in [0.1, 0.15) is 0 Å². The number of nitrogens with zero attached hydrogens (tertiary/aromatic N) is 1. The molecule has 0 aromatic heterocycles. The van der Waals surface area contributed by atoms with Crippen molar-refractivity contribution in [3.63, 3.8) is 0 Å². The van der Waals surface area contributed by atoms with Crippen LogP contribution in [-0.4, -0.2) is 36.1 Å². The molecule has 100 valence electrons. The van der Waals surface area contributed by atoms with Crippen molar-refractivity contribution in [2.75, 3.05) is 20.1 Å². The first kappa shape index (κ1) is 14.5. The van der Waals surface area contributed by atoms with Gasteiger partial charge in [-0.2, -0.15) is 0 Å². The molecule has 0 unspecified atom stereocenters. The Hall–Kier alpha value is -0.570. The zero-order valence-corrected chi connectivity index (χ0v) is 11.5. The molecule has 0 radical (unpaired) electrons. The van der Waals surface area contributed by atoms with Gasteiger partial charge >= 0.3 is 5.97 Å². The van der Waals surface area contributed by atoms with Gasteiger partial charge in [0.2, 0.25) is 0 Å². The maximum Gasteiger partial charge on any atom is 0.306 e. The number of hydrogen-bond donors (Lipinski definition) is 1. The lowest BCUT2D eigenvalue weighted by Gasteiger charge is -2.30. The number of carboxylic acid groups (broad SMARTS) is 1. The molecule has 0 aromatic carbocycles. The lowest BCUT2D eigenvalue weighted by atomic mass is 9.82. The summed E-state index contributed by atoms with van der Waals surface area (Å²) in [5.74, 6) is 0.789. The maximum absolute atomic E-state index is 10.9. The number of carbonyl (C=O) groups is 1. The SMILES string of the molecule is CC[C@H](C)CN(C)CC1CCC(C(=O)O)CC1. The summed E-state index contributed by atoms with van der Waals surface area (Å²) < 4.78 is 0. The third-order valence-corrected chi connectivity index (χ3v) is 4.09. The first-order valence-electron chi connectivity index (χ1n) is 6.94. The van der Waals surface area contributed by atoms with Crippen LogP contribution in [-0.2, 0) is 4.79 Å². The summed E-state index contributed by atoms with van der Waals surface area (Å²) in [5.41, 5.74) is 0. The van der Waals surface area contributed by atoms with E-state index in [9.17, 15) is 4.79 Å². The molecule has 0 aliphatic heterocycles. The van der Waals surface area contributed by atoms with Crippen LogP contribution in [0.15, 0.2) is 0 Å². The summed E-state index contributed by atoms with van der Waals surface area (Å²) in [7, 11) is 2.19. The smallest absolute Gasteiger partial charge is 0.306 e. The molecule has 0 bridgehead atoms. The van der Waals surface area contributed by atoms with Gasteiger partial charge in [-0.15, -0.1) is 0 Å². The van der Waals surface area contributed by atoms with Gasteiger partial charge in [-0.25, -0.2) is 0 Å². The Kier molecular flexibility index (Phi) is 5.96. The van der Waals surface area contributed by atoms with E-state index in [1.54, 1.807) is 0 Å². The van der Waals surface area contributed by atoms with E-state index in [-0.39, 0.29) is 5.92 Å². The van der Waals surface area contributed by atoms with Crippen molar-refractivity contribution in [1.82, 2.24) is 4.90 Å². The van der Waals surface area contributed by atoms with Gasteiger partial charge in [0, 0.05) is 13.1 Å². The van der Waals surface area contributed by atoms with E-state index in [0.29, 0.717) is 5.92 Å². The van der Waals surface area contributed by atoms with Crippen LogP contribution >= 0.6 is 0 Å². The summed E-state index contributed by atoms with van der Waals surface area (Å²) >= 11 is 0. The first-order chi connectivity index (χ1) is 8.02. The second-order valence-electron chi connectivity index (χ2n) is 5.79. The van der Waals surface area contributed by atoms with Gasteiger partial charge in [0.05, 0.1) is 5.92 Å². The highest BCUT2D eigenvalue weighted by atomic mass is 16.4. The lowest BCUT2D eigenvalue weighted by molar-refractivity contribution is -0.143. The summed E-state index contributed by atoms with van der Waals surface area (Å²) in [5, 5.41) is 8.95. The zero-order chi connectivity index (χ0) is 12.8. The van der Waals surface area contributed by atoms with E-state index >= 15 is 0 Å². The monoisotopic (exact) mass is 241 g/mol. The fourth-order valence-electron chi connectivity index (χ4n) is 2.77. The molecular weight excluding hydrogens is 214 g/mol. The zero-order valence-electron chi connectivity index (χ0n) is 11.5. The minimum absolute atomic E-state index is 0.0777. The van der Waals surface area contributed by atoms with Gasteiger partial charge in [-0.3, -0.25) is 4.79 Å². The molecule has 1 fully saturated rings. The first-order valence-corrected chi connectivity index (χ1v) is 6.94. The molecule has 0 aromatic rings. The lowest BCUT2D eigenvalue weighted by Crippen LogP contribution is -2.32. The van der Waals surface area contributed by atoms with Crippen molar-refractivity contribution in [1.29, 1.82) is 0 Å². The summed E-state index contributed by atoms with van der Waals surface area (Å²) in [6, 6.07) is 0. The molecule has 0 spiro atoms. The quantitative estimate of drug-likeness (QED) is 0.777. The van der Waals surface area contributed by atoms with E-state index in [4.69, 9.17) is 5.11 Å². The van der Waals surface area contributed by atoms with Crippen molar-refractivity contribution >= 4 is 5.97 Å². The van der Waals surface area contributed by atoms with Crippen LogP contribution < -0.4 is 0 Å². The number of rotatable bonds is 6. The molecule has 0 amide bonds. The molecule has 1 N–H and O–H groups in total. The maximum atomic E-state index is 10.9. The van der Waals surface area contributed by atoms with E-state index in [2.05, 4.69) is 25.8 Å². The Morgan fingerprint density at radius 2 is 1.94 bits per heavy atom. The number of aliphatic carboxylic acids is 1. The highest BCUT2D eigenvalue weighted by molar-refractivity contribution is 5.69. The van der Waals surface area contributed by atoms with Crippen LogP contribution in [0.5, 0.6) is 0 Å². The van der Waals surface area contributed by atoms with Gasteiger partial charge in [-0.1, -0.05) is 20.3 Å². The Balaban J connectivity index is 2.23. The number of hydrogen-bond acceptors (Lipinski definition) is 2. The molecular formula is C14H27NO2. The van der Waals surface area contributed by atoms with Crippen LogP contribution in [0, 0.1) is 17.8 Å². The average Bonchev–Trinajstić information content (AvgIpc) is 2.29. The molecule has 0 saturated heterocycles. The molecule has 1 aliphatic rings. The van der Waals surface area contributed by atoms with Gasteiger partial charge in [0.25, 0.3) is 0 Å². The minimum Gasteiger partial charge on any atom is -0.481 e. The van der Waals surface area contributed by atoms with Crippen LogP contribution in [0.25, 0.3) is 0 Å². The predicted molar refractivity (Wildman–Crippen MR) is 70.0 cm³/mol. The number of carboxylic acids is 1. The summed E-state index contributed by atoms with van der Waals surface area (Å²) in [6.07, 6.45) is 5.15. The molecule has 17 heavy (non-hydrogen) atoms. The van der Waals surface area contributed by atoms with Gasteiger partial charge < -0.3 is 10.0 Å². The fraction of sp³-hybridized carbons (Fsp3) is 0.929. The topological polar surface area (TPSA) is 40.5 Å². The van der Waals surface area contributed by atoms with Crippen molar-refractivity contribution < 1.29 is 9.90 Å². The molecule has 3 nitrogen and oxygen atoms in total. The van der Waals surface area contributed by atoms with Crippen molar-refractivity contribution in [3.05, 3.63) is 0 Å². The molecule has 1 atom stereocenters. The standard InChI is InChI=1S/C14H27NO2/c1-4-11(2)9-15(3)10-12-5-7-13(8-6-12)14(16)17/h11-13H,4-10H2,1-3H3,(H,16,17)/t11-,12?,13?/m0/s1. The Morgan fingerprint density at radius 1 is 1.35 bits per heavy atom. The van der Waals surface area contributed by atoms with Gasteiger partial charge in [0.15, 0.2) is 0 Å². The molecule has 0 heterocycles. The second-order valence-corrected chi connectivity index (χ2v) is 5.79. The Morgan fingerprint density at radius 3 is 2.41 bits per heavy atom. The Labute approximate surface area is 105 Å². The molecule has 3 heteroatoms. The minimum atomic E-state index is -0.601. The highest BCUT2D eigenvalue weighted by Crippen LogP contribution is 2.29. The molecule has 1 rings (SSSR count).